The van der Waals surface area contributed by atoms with Gasteiger partial charge in [-0.2, -0.15) is 0 Å². The van der Waals surface area contributed by atoms with Gasteiger partial charge in [-0.1, -0.05) is 25.1 Å². The largest absolute Gasteiger partial charge is 0.323 e. The maximum absolute atomic E-state index is 12.6. The van der Waals surface area contributed by atoms with Crippen LogP contribution in [-0.4, -0.2) is 31.6 Å². The normalized spacial score (nSPS) is 12.4. The maximum atomic E-state index is 12.6. The standard InChI is InChI=1S/C16H19N3O3S/c1-3-15(16(20)18-13-8-7-11-17-12-13)19(23(2,21)22)14-9-5-4-6-10-14/h4-12,15H,3H2,1-2H3,(H,18,20)/t15-/m0/s1. The van der Waals surface area contributed by atoms with E-state index >= 15 is 0 Å². The Morgan fingerprint density at radius 3 is 2.43 bits per heavy atom. The lowest BCUT2D eigenvalue weighted by Crippen LogP contribution is -2.46. The van der Waals surface area contributed by atoms with E-state index in [0.717, 1.165) is 10.6 Å². The molecule has 1 aromatic carbocycles. The Balaban J connectivity index is 2.33. The third-order valence-electron chi connectivity index (χ3n) is 3.27. The number of hydrogen-bond acceptors (Lipinski definition) is 4. The first-order valence-corrected chi connectivity index (χ1v) is 9.03. The molecular formula is C16H19N3O3S. The molecule has 0 radical (unpaired) electrons. The van der Waals surface area contributed by atoms with Gasteiger partial charge in [0, 0.05) is 6.20 Å². The molecule has 2 rings (SSSR count). The monoisotopic (exact) mass is 333 g/mol. The third-order valence-corrected chi connectivity index (χ3v) is 4.45. The van der Waals surface area contributed by atoms with Crippen molar-refractivity contribution in [2.45, 2.75) is 19.4 Å². The molecule has 0 spiro atoms. The number of carbonyl (C=O) groups is 1. The van der Waals surface area contributed by atoms with Gasteiger partial charge in [0.1, 0.15) is 6.04 Å². The van der Waals surface area contributed by atoms with Crippen LogP contribution in [0.15, 0.2) is 54.9 Å². The Hall–Kier alpha value is -2.41. The molecule has 1 aromatic heterocycles. The fourth-order valence-electron chi connectivity index (χ4n) is 2.30. The summed E-state index contributed by atoms with van der Waals surface area (Å²) < 4.78 is 25.6. The fraction of sp³-hybridized carbons (Fsp3) is 0.250. The van der Waals surface area contributed by atoms with Gasteiger partial charge in [-0.25, -0.2) is 8.42 Å². The molecule has 0 saturated carbocycles. The summed E-state index contributed by atoms with van der Waals surface area (Å²) in [5.41, 5.74) is 0.987. The molecular weight excluding hydrogens is 314 g/mol. The van der Waals surface area contributed by atoms with Gasteiger partial charge in [-0.05, 0) is 30.7 Å². The number of aromatic nitrogens is 1. The third kappa shape index (κ3) is 4.29. The Kier molecular flexibility index (Phi) is 5.33. The second kappa shape index (κ2) is 7.23. The summed E-state index contributed by atoms with van der Waals surface area (Å²) in [6, 6.07) is 11.2. The van der Waals surface area contributed by atoms with E-state index < -0.39 is 22.0 Å². The summed E-state index contributed by atoms with van der Waals surface area (Å²) in [7, 11) is -3.61. The highest BCUT2D eigenvalue weighted by Crippen LogP contribution is 2.22. The van der Waals surface area contributed by atoms with E-state index in [1.54, 1.807) is 55.6 Å². The topological polar surface area (TPSA) is 79.4 Å². The molecule has 0 aliphatic rings. The molecule has 0 aliphatic carbocycles. The Morgan fingerprint density at radius 1 is 1.22 bits per heavy atom. The van der Waals surface area contributed by atoms with Crippen LogP contribution >= 0.6 is 0 Å². The molecule has 0 bridgehead atoms. The number of benzene rings is 1. The zero-order valence-corrected chi connectivity index (χ0v) is 13.8. The number of nitrogens with one attached hydrogen (secondary N) is 1. The van der Waals surface area contributed by atoms with E-state index in [1.165, 1.54) is 6.20 Å². The van der Waals surface area contributed by atoms with Crippen molar-refractivity contribution in [1.82, 2.24) is 4.98 Å². The molecule has 23 heavy (non-hydrogen) atoms. The number of sulfonamides is 1. The average Bonchev–Trinajstić information content (AvgIpc) is 2.53. The van der Waals surface area contributed by atoms with Crippen molar-refractivity contribution in [3.63, 3.8) is 0 Å². The number of amides is 1. The average molecular weight is 333 g/mol. The van der Waals surface area contributed by atoms with Gasteiger partial charge in [0.05, 0.1) is 23.8 Å². The highest BCUT2D eigenvalue weighted by atomic mass is 32.2. The lowest BCUT2D eigenvalue weighted by atomic mass is 10.2. The van der Waals surface area contributed by atoms with E-state index in [-0.39, 0.29) is 0 Å². The number of anilines is 2. The first-order valence-electron chi connectivity index (χ1n) is 7.19. The van der Waals surface area contributed by atoms with Crippen molar-refractivity contribution in [3.05, 3.63) is 54.9 Å². The minimum Gasteiger partial charge on any atom is -0.323 e. The molecule has 1 atom stereocenters. The molecule has 6 nitrogen and oxygen atoms in total. The van der Waals surface area contributed by atoms with Gasteiger partial charge < -0.3 is 5.32 Å². The predicted molar refractivity (Wildman–Crippen MR) is 90.7 cm³/mol. The molecule has 0 aliphatic heterocycles. The lowest BCUT2D eigenvalue weighted by Gasteiger charge is -2.30. The number of carbonyl (C=O) groups excluding carboxylic acids is 1. The van der Waals surface area contributed by atoms with Crippen molar-refractivity contribution in [2.75, 3.05) is 15.9 Å². The molecule has 1 amide bonds. The summed E-state index contributed by atoms with van der Waals surface area (Å²) in [5, 5.41) is 2.71. The SMILES string of the molecule is CC[C@@H](C(=O)Nc1cccnc1)N(c1ccccc1)S(C)(=O)=O. The smallest absolute Gasteiger partial charge is 0.248 e. The van der Waals surface area contributed by atoms with Gasteiger partial charge in [0.2, 0.25) is 15.9 Å². The van der Waals surface area contributed by atoms with E-state index in [4.69, 9.17) is 0 Å². The Bertz CT molecular complexity index is 749. The van der Waals surface area contributed by atoms with Crippen LogP contribution in [0.25, 0.3) is 0 Å². The number of rotatable bonds is 6. The predicted octanol–water partition coefficient (Wildman–Crippen LogP) is 2.26. The van der Waals surface area contributed by atoms with Crippen LogP contribution in [0.5, 0.6) is 0 Å². The van der Waals surface area contributed by atoms with Crippen LogP contribution < -0.4 is 9.62 Å². The number of para-hydroxylation sites is 1. The summed E-state index contributed by atoms with van der Waals surface area (Å²) in [4.78, 5) is 16.5. The molecule has 7 heteroatoms. The van der Waals surface area contributed by atoms with Gasteiger partial charge in [-0.3, -0.25) is 14.1 Å². The minimum atomic E-state index is -3.61. The molecule has 0 unspecified atom stereocenters. The molecule has 2 aromatic rings. The zero-order chi connectivity index (χ0) is 16.9. The van der Waals surface area contributed by atoms with Crippen molar-refractivity contribution >= 4 is 27.3 Å². The molecule has 0 saturated heterocycles. The summed E-state index contributed by atoms with van der Waals surface area (Å²) in [6.45, 7) is 1.77. The Labute approximate surface area is 136 Å². The minimum absolute atomic E-state index is 0.341. The maximum Gasteiger partial charge on any atom is 0.248 e. The number of nitrogens with zero attached hydrogens (tertiary/aromatic N) is 2. The summed E-state index contributed by atoms with van der Waals surface area (Å²) >= 11 is 0. The van der Waals surface area contributed by atoms with Crippen LogP contribution in [-0.2, 0) is 14.8 Å². The van der Waals surface area contributed by atoms with Gasteiger partial charge >= 0.3 is 0 Å². The quantitative estimate of drug-likeness (QED) is 0.879. The first kappa shape index (κ1) is 17.0. The van der Waals surface area contributed by atoms with E-state index in [2.05, 4.69) is 10.3 Å². The zero-order valence-electron chi connectivity index (χ0n) is 13.0. The van der Waals surface area contributed by atoms with Crippen molar-refractivity contribution in [2.24, 2.45) is 0 Å². The molecule has 1 heterocycles. The van der Waals surface area contributed by atoms with Crippen LogP contribution in [0.2, 0.25) is 0 Å². The van der Waals surface area contributed by atoms with E-state index in [0.29, 0.717) is 17.8 Å². The van der Waals surface area contributed by atoms with Crippen LogP contribution in [0.4, 0.5) is 11.4 Å². The van der Waals surface area contributed by atoms with Gasteiger partial charge in [0.25, 0.3) is 0 Å². The van der Waals surface area contributed by atoms with E-state index in [1.807, 2.05) is 0 Å². The number of pyridine rings is 1. The molecule has 1 N–H and O–H groups in total. The highest BCUT2D eigenvalue weighted by molar-refractivity contribution is 7.92. The summed E-state index contributed by atoms with van der Waals surface area (Å²) in [5.74, 6) is -0.394. The highest BCUT2D eigenvalue weighted by Gasteiger charge is 2.31. The second-order valence-corrected chi connectivity index (χ2v) is 6.91. The van der Waals surface area contributed by atoms with Crippen LogP contribution in [0.1, 0.15) is 13.3 Å². The van der Waals surface area contributed by atoms with Crippen molar-refractivity contribution in [3.8, 4) is 0 Å². The van der Waals surface area contributed by atoms with Crippen molar-refractivity contribution < 1.29 is 13.2 Å². The summed E-state index contributed by atoms with van der Waals surface area (Å²) in [6.07, 6.45) is 4.55. The second-order valence-electron chi connectivity index (χ2n) is 5.05. The lowest BCUT2D eigenvalue weighted by molar-refractivity contribution is -0.117. The van der Waals surface area contributed by atoms with Crippen LogP contribution in [0, 0.1) is 0 Å². The van der Waals surface area contributed by atoms with Crippen molar-refractivity contribution in [1.29, 1.82) is 0 Å². The van der Waals surface area contributed by atoms with Gasteiger partial charge in [0.15, 0.2) is 0 Å². The molecule has 122 valence electrons. The Morgan fingerprint density at radius 2 is 1.91 bits per heavy atom. The fourth-order valence-corrected chi connectivity index (χ4v) is 3.51. The van der Waals surface area contributed by atoms with Crippen LogP contribution in [0.3, 0.4) is 0 Å². The van der Waals surface area contributed by atoms with E-state index in [9.17, 15) is 13.2 Å². The first-order chi connectivity index (χ1) is 10.9. The number of hydrogen-bond donors (Lipinski definition) is 1. The van der Waals surface area contributed by atoms with Gasteiger partial charge in [-0.15, -0.1) is 0 Å². The molecule has 0 fully saturated rings.